The highest BCUT2D eigenvalue weighted by Gasteiger charge is 2.20. The zero-order chi connectivity index (χ0) is 16.9. The minimum absolute atomic E-state index is 0.367. The molecule has 1 heterocycles. The summed E-state index contributed by atoms with van der Waals surface area (Å²) in [5.41, 5.74) is 1.37. The van der Waals surface area contributed by atoms with E-state index < -0.39 is 0 Å². The topological polar surface area (TPSA) is 48.4 Å². The van der Waals surface area contributed by atoms with Crippen molar-refractivity contribution < 1.29 is 14.3 Å². The van der Waals surface area contributed by atoms with Gasteiger partial charge in [0, 0.05) is 12.4 Å². The van der Waals surface area contributed by atoms with E-state index in [0.29, 0.717) is 17.9 Å². The zero-order valence-corrected chi connectivity index (χ0v) is 13.7. The molecular formula is C20H19NO3. The Bertz CT molecular complexity index is 846. The Balaban J connectivity index is 1.97. The molecule has 4 nitrogen and oxygen atoms in total. The Morgan fingerprint density at radius 1 is 1.08 bits per heavy atom. The molecular weight excluding hydrogens is 302 g/mol. The summed E-state index contributed by atoms with van der Waals surface area (Å²) in [5.74, 6) is 0.155. The molecule has 0 bridgehead atoms. The van der Waals surface area contributed by atoms with Crippen LogP contribution in [0.1, 0.15) is 35.9 Å². The van der Waals surface area contributed by atoms with Crippen molar-refractivity contribution in [1.82, 2.24) is 4.98 Å². The molecule has 0 aliphatic rings. The molecule has 0 amide bonds. The second kappa shape index (κ2) is 7.13. The number of carbonyl (C=O) groups is 1. The maximum absolute atomic E-state index is 12.8. The molecule has 0 saturated heterocycles. The maximum Gasteiger partial charge on any atom is 0.343 e. The second-order valence-electron chi connectivity index (χ2n) is 5.42. The van der Waals surface area contributed by atoms with E-state index in [1.165, 1.54) is 0 Å². The second-order valence-corrected chi connectivity index (χ2v) is 5.42. The van der Waals surface area contributed by atoms with Crippen molar-refractivity contribution >= 4 is 16.7 Å². The number of carbonyl (C=O) groups excluding carboxylic acids is 1. The fourth-order valence-corrected chi connectivity index (χ4v) is 2.66. The summed E-state index contributed by atoms with van der Waals surface area (Å²) in [6.45, 7) is 4.22. The van der Waals surface area contributed by atoms with Crippen LogP contribution in [0.3, 0.4) is 0 Å². The molecule has 0 spiro atoms. The van der Waals surface area contributed by atoms with E-state index in [0.717, 1.165) is 16.3 Å². The lowest BCUT2D eigenvalue weighted by Crippen LogP contribution is -2.12. The minimum Gasteiger partial charge on any atom is -0.493 e. The number of hydrogen-bond donors (Lipinski definition) is 0. The van der Waals surface area contributed by atoms with Crippen molar-refractivity contribution in [3.8, 4) is 5.75 Å². The first-order chi connectivity index (χ1) is 11.7. The first-order valence-electron chi connectivity index (χ1n) is 7.96. The smallest absolute Gasteiger partial charge is 0.343 e. The summed E-state index contributed by atoms with van der Waals surface area (Å²) < 4.78 is 11.3. The van der Waals surface area contributed by atoms with Crippen LogP contribution < -0.4 is 4.74 Å². The van der Waals surface area contributed by atoms with Gasteiger partial charge < -0.3 is 9.47 Å². The largest absolute Gasteiger partial charge is 0.493 e. The third kappa shape index (κ3) is 3.23. The quantitative estimate of drug-likeness (QED) is 0.647. The first kappa shape index (κ1) is 16.0. The van der Waals surface area contributed by atoms with Gasteiger partial charge in [0.25, 0.3) is 0 Å². The Hall–Kier alpha value is -2.88. The fraction of sp³-hybridized carbons (Fsp3) is 0.200. The number of esters is 1. The highest BCUT2D eigenvalue weighted by molar-refractivity contribution is 6.07. The van der Waals surface area contributed by atoms with E-state index in [1.54, 1.807) is 12.4 Å². The van der Waals surface area contributed by atoms with Crippen LogP contribution in [-0.2, 0) is 4.74 Å². The van der Waals surface area contributed by atoms with Crippen LogP contribution in [-0.4, -0.2) is 17.6 Å². The van der Waals surface area contributed by atoms with Crippen molar-refractivity contribution in [3.63, 3.8) is 0 Å². The number of aromatic nitrogens is 1. The van der Waals surface area contributed by atoms with Crippen molar-refractivity contribution in [2.45, 2.75) is 20.0 Å². The SMILES string of the molecule is CCOc1ccc2ccccc2c1C(=O)O[C@@H](C)c1ccncc1. The Kier molecular flexibility index (Phi) is 4.75. The summed E-state index contributed by atoms with van der Waals surface area (Å²) >= 11 is 0. The molecule has 3 rings (SSSR count). The van der Waals surface area contributed by atoms with E-state index in [2.05, 4.69) is 4.98 Å². The highest BCUT2D eigenvalue weighted by Crippen LogP contribution is 2.30. The average Bonchev–Trinajstić information content (AvgIpc) is 2.62. The third-order valence-electron chi connectivity index (χ3n) is 3.85. The van der Waals surface area contributed by atoms with Crippen LogP contribution in [0, 0.1) is 0 Å². The molecule has 0 unspecified atom stereocenters. The van der Waals surface area contributed by atoms with E-state index in [1.807, 2.05) is 62.4 Å². The average molecular weight is 321 g/mol. The van der Waals surface area contributed by atoms with Crippen molar-refractivity contribution in [3.05, 3.63) is 72.1 Å². The number of ether oxygens (including phenoxy) is 2. The summed E-state index contributed by atoms with van der Waals surface area (Å²) in [5, 5.41) is 1.81. The van der Waals surface area contributed by atoms with Gasteiger partial charge in [-0.05, 0) is 48.4 Å². The van der Waals surface area contributed by atoms with Gasteiger partial charge in [0.1, 0.15) is 17.4 Å². The standard InChI is InChI=1S/C20H19NO3/c1-3-23-18-9-8-16-6-4-5-7-17(16)19(18)20(22)24-14(2)15-10-12-21-13-11-15/h4-14H,3H2,1-2H3/t14-/m0/s1. The molecule has 0 N–H and O–H groups in total. The highest BCUT2D eigenvalue weighted by atomic mass is 16.5. The van der Waals surface area contributed by atoms with Crippen LogP contribution in [0.2, 0.25) is 0 Å². The predicted octanol–water partition coefficient (Wildman–Crippen LogP) is 4.55. The van der Waals surface area contributed by atoms with Gasteiger partial charge in [0.05, 0.1) is 6.61 Å². The van der Waals surface area contributed by atoms with Crippen molar-refractivity contribution in [2.75, 3.05) is 6.61 Å². The summed E-state index contributed by atoms with van der Waals surface area (Å²) in [6, 6.07) is 15.2. The van der Waals surface area contributed by atoms with Crippen LogP contribution in [0.25, 0.3) is 10.8 Å². The van der Waals surface area contributed by atoms with Crippen LogP contribution in [0.4, 0.5) is 0 Å². The summed E-state index contributed by atoms with van der Waals surface area (Å²) in [6.07, 6.45) is 3.00. The number of fused-ring (bicyclic) bond motifs is 1. The van der Waals surface area contributed by atoms with Crippen LogP contribution in [0.5, 0.6) is 5.75 Å². The summed E-state index contributed by atoms with van der Waals surface area (Å²) in [4.78, 5) is 16.8. The molecule has 2 aromatic carbocycles. The van der Waals surface area contributed by atoms with Gasteiger partial charge in [-0.25, -0.2) is 4.79 Å². The Morgan fingerprint density at radius 2 is 1.83 bits per heavy atom. The van der Waals surface area contributed by atoms with Gasteiger partial charge in [-0.1, -0.05) is 30.3 Å². The predicted molar refractivity (Wildman–Crippen MR) is 93.2 cm³/mol. The number of benzene rings is 2. The van der Waals surface area contributed by atoms with E-state index in [9.17, 15) is 4.79 Å². The number of rotatable bonds is 5. The van der Waals surface area contributed by atoms with Gasteiger partial charge in [-0.2, -0.15) is 0 Å². The van der Waals surface area contributed by atoms with Crippen LogP contribution in [0.15, 0.2) is 60.9 Å². The maximum atomic E-state index is 12.8. The Labute approximate surface area is 141 Å². The number of pyridine rings is 1. The van der Waals surface area contributed by atoms with Crippen molar-refractivity contribution in [1.29, 1.82) is 0 Å². The fourth-order valence-electron chi connectivity index (χ4n) is 2.66. The normalized spacial score (nSPS) is 11.9. The zero-order valence-electron chi connectivity index (χ0n) is 13.7. The molecule has 0 aliphatic carbocycles. The van der Waals surface area contributed by atoms with E-state index in [4.69, 9.17) is 9.47 Å². The van der Waals surface area contributed by atoms with Gasteiger partial charge in [0.15, 0.2) is 0 Å². The third-order valence-corrected chi connectivity index (χ3v) is 3.85. The lowest BCUT2D eigenvalue weighted by atomic mass is 10.0. The number of hydrogen-bond acceptors (Lipinski definition) is 4. The molecule has 24 heavy (non-hydrogen) atoms. The Morgan fingerprint density at radius 3 is 2.58 bits per heavy atom. The molecule has 122 valence electrons. The van der Waals surface area contributed by atoms with E-state index in [-0.39, 0.29) is 12.1 Å². The van der Waals surface area contributed by atoms with Crippen molar-refractivity contribution in [2.24, 2.45) is 0 Å². The molecule has 1 aromatic heterocycles. The van der Waals surface area contributed by atoms with E-state index >= 15 is 0 Å². The van der Waals surface area contributed by atoms with Gasteiger partial charge in [-0.15, -0.1) is 0 Å². The summed E-state index contributed by atoms with van der Waals surface area (Å²) in [7, 11) is 0. The first-order valence-corrected chi connectivity index (χ1v) is 7.96. The molecule has 0 aliphatic heterocycles. The molecule has 3 aromatic rings. The van der Waals surface area contributed by atoms with Crippen LogP contribution >= 0.6 is 0 Å². The van der Waals surface area contributed by atoms with Gasteiger partial charge in [0.2, 0.25) is 0 Å². The molecule has 0 saturated carbocycles. The molecule has 1 atom stereocenters. The molecule has 0 fully saturated rings. The lowest BCUT2D eigenvalue weighted by molar-refractivity contribution is 0.0336. The van der Waals surface area contributed by atoms with Gasteiger partial charge >= 0.3 is 5.97 Å². The minimum atomic E-state index is -0.389. The molecule has 4 heteroatoms. The number of nitrogens with zero attached hydrogens (tertiary/aromatic N) is 1. The van der Waals surface area contributed by atoms with Gasteiger partial charge in [-0.3, -0.25) is 4.98 Å². The monoisotopic (exact) mass is 321 g/mol. The molecule has 0 radical (unpaired) electrons. The lowest BCUT2D eigenvalue weighted by Gasteiger charge is -2.17.